The molecule has 3 rings (SSSR count). The van der Waals surface area contributed by atoms with Crippen LogP contribution in [0.5, 0.6) is 0 Å². The summed E-state index contributed by atoms with van der Waals surface area (Å²) in [5, 5.41) is 8.84. The lowest BCUT2D eigenvalue weighted by Gasteiger charge is -2.19. The molecular weight excluding hydrogens is 393 g/mol. The molecule has 0 spiro atoms. The summed E-state index contributed by atoms with van der Waals surface area (Å²) in [6.07, 6.45) is -2.98. The van der Waals surface area contributed by atoms with Crippen molar-refractivity contribution in [2.45, 2.75) is 17.5 Å². The Balaban J connectivity index is 1.73. The van der Waals surface area contributed by atoms with E-state index >= 15 is 0 Å². The van der Waals surface area contributed by atoms with E-state index in [1.54, 1.807) is 0 Å². The van der Waals surface area contributed by atoms with Crippen LogP contribution < -0.4 is 9.88 Å². The number of pyridine rings is 1. The molecule has 1 aromatic carbocycles. The number of H-pyrrole nitrogens is 1. The smallest absolute Gasteiger partial charge is 0.260 e. The van der Waals surface area contributed by atoms with Crippen LogP contribution in [0.15, 0.2) is 47.5 Å². The summed E-state index contributed by atoms with van der Waals surface area (Å²) in [6.45, 7) is 1.37. The number of nitrogens with zero attached hydrogens (tertiary/aromatic N) is 3. The molecule has 0 saturated carbocycles. The highest BCUT2D eigenvalue weighted by Gasteiger charge is 2.33. The number of halogens is 3. The standard InChI is InChI=1S/C18H17F3N4O2S/c19-18(20,21)15-4-7-17(23-13-15)24-8-1-9-25(11-10-24)28(26,27)16-5-2-14(12-22)3-6-16/h2-7,13H,1,8-11H2/p+1. The zero-order valence-electron chi connectivity index (χ0n) is 14.8. The fraction of sp³-hybridized carbons (Fsp3) is 0.333. The van der Waals surface area contributed by atoms with E-state index in [1.165, 1.54) is 34.6 Å². The second-order valence-corrected chi connectivity index (χ2v) is 8.28. The first-order valence-electron chi connectivity index (χ1n) is 8.56. The Labute approximate surface area is 160 Å². The number of sulfonamides is 1. The first-order chi connectivity index (χ1) is 13.2. The van der Waals surface area contributed by atoms with Gasteiger partial charge in [-0.25, -0.2) is 13.4 Å². The minimum atomic E-state index is -4.42. The van der Waals surface area contributed by atoms with Crippen molar-refractivity contribution in [2.24, 2.45) is 0 Å². The molecule has 1 aromatic heterocycles. The third-order valence-corrected chi connectivity index (χ3v) is 6.45. The predicted molar refractivity (Wildman–Crippen MR) is 94.7 cm³/mol. The van der Waals surface area contributed by atoms with Crippen LogP contribution in [-0.4, -0.2) is 38.9 Å². The van der Waals surface area contributed by atoms with Gasteiger partial charge in [0.2, 0.25) is 10.0 Å². The van der Waals surface area contributed by atoms with Gasteiger partial charge in [0.15, 0.2) is 0 Å². The summed E-state index contributed by atoms with van der Waals surface area (Å²) in [5.41, 5.74) is -0.394. The van der Waals surface area contributed by atoms with Gasteiger partial charge in [-0.3, -0.25) is 4.90 Å². The average molecular weight is 411 g/mol. The lowest BCUT2D eigenvalue weighted by molar-refractivity contribution is -0.367. The largest absolute Gasteiger partial charge is 0.419 e. The van der Waals surface area contributed by atoms with Gasteiger partial charge in [0.25, 0.3) is 5.82 Å². The van der Waals surface area contributed by atoms with Gasteiger partial charge in [-0.2, -0.15) is 22.7 Å². The van der Waals surface area contributed by atoms with Gasteiger partial charge < -0.3 is 0 Å². The van der Waals surface area contributed by atoms with Crippen molar-refractivity contribution in [1.82, 2.24) is 4.31 Å². The molecule has 1 aliphatic heterocycles. The molecule has 148 valence electrons. The van der Waals surface area contributed by atoms with Gasteiger partial charge >= 0.3 is 6.18 Å². The van der Waals surface area contributed by atoms with Crippen LogP contribution in [0.1, 0.15) is 17.5 Å². The van der Waals surface area contributed by atoms with Crippen molar-refractivity contribution in [3.8, 4) is 6.07 Å². The molecule has 0 unspecified atom stereocenters. The highest BCUT2D eigenvalue weighted by Crippen LogP contribution is 2.28. The molecule has 0 radical (unpaired) electrons. The first-order valence-corrected chi connectivity index (χ1v) is 10.00. The Kier molecular flexibility index (Phi) is 5.58. The van der Waals surface area contributed by atoms with Crippen molar-refractivity contribution in [2.75, 3.05) is 31.1 Å². The monoisotopic (exact) mass is 411 g/mol. The van der Waals surface area contributed by atoms with Crippen LogP contribution in [0.3, 0.4) is 0 Å². The Morgan fingerprint density at radius 2 is 1.71 bits per heavy atom. The Morgan fingerprint density at radius 1 is 1.00 bits per heavy atom. The van der Waals surface area contributed by atoms with E-state index in [0.29, 0.717) is 37.4 Å². The van der Waals surface area contributed by atoms with Crippen LogP contribution in [-0.2, 0) is 16.2 Å². The topological polar surface area (TPSA) is 78.5 Å². The molecule has 0 bridgehead atoms. The molecule has 2 heterocycles. The number of aromatic amines is 1. The summed E-state index contributed by atoms with van der Waals surface area (Å²) in [6, 6.07) is 10.0. The van der Waals surface area contributed by atoms with E-state index in [1.807, 2.05) is 11.0 Å². The van der Waals surface area contributed by atoms with Gasteiger partial charge in [-0.05, 0) is 36.8 Å². The van der Waals surface area contributed by atoms with E-state index in [9.17, 15) is 21.6 Å². The zero-order valence-corrected chi connectivity index (χ0v) is 15.6. The maximum atomic E-state index is 12.8. The number of hydrogen-bond donors (Lipinski definition) is 0. The molecule has 0 amide bonds. The van der Waals surface area contributed by atoms with E-state index < -0.39 is 21.8 Å². The third kappa shape index (κ3) is 4.26. The molecule has 0 aliphatic carbocycles. The summed E-state index contributed by atoms with van der Waals surface area (Å²) < 4.78 is 65.1. The second-order valence-electron chi connectivity index (χ2n) is 6.34. The van der Waals surface area contributed by atoms with Crippen molar-refractivity contribution < 1.29 is 26.6 Å². The summed E-state index contributed by atoms with van der Waals surface area (Å²) in [4.78, 5) is 4.59. The molecule has 2 aromatic rings. The van der Waals surface area contributed by atoms with E-state index in [0.717, 1.165) is 12.3 Å². The quantitative estimate of drug-likeness (QED) is 0.776. The van der Waals surface area contributed by atoms with Crippen molar-refractivity contribution in [3.05, 3.63) is 53.7 Å². The molecule has 0 atom stereocenters. The average Bonchev–Trinajstić information content (AvgIpc) is 2.94. The third-order valence-electron chi connectivity index (χ3n) is 4.54. The molecule has 1 aliphatic rings. The Hall–Kier alpha value is -2.64. The molecule has 6 nitrogen and oxygen atoms in total. The van der Waals surface area contributed by atoms with E-state index in [4.69, 9.17) is 5.26 Å². The number of aromatic nitrogens is 1. The van der Waals surface area contributed by atoms with E-state index in [-0.39, 0.29) is 11.4 Å². The van der Waals surface area contributed by atoms with E-state index in [2.05, 4.69) is 4.98 Å². The summed E-state index contributed by atoms with van der Waals surface area (Å²) in [7, 11) is -3.70. The Bertz CT molecular complexity index is 968. The maximum absolute atomic E-state index is 12.8. The highest BCUT2D eigenvalue weighted by atomic mass is 32.2. The molecule has 1 saturated heterocycles. The fourth-order valence-electron chi connectivity index (χ4n) is 3.02. The summed E-state index contributed by atoms with van der Waals surface area (Å²) >= 11 is 0. The predicted octanol–water partition coefficient (Wildman–Crippen LogP) is 2.29. The SMILES string of the molecule is N#Cc1ccc(S(=O)(=O)N2CCCN(c3ccc(C(F)(F)F)c[nH+]3)CC2)cc1. The van der Waals surface area contributed by atoms with Crippen LogP contribution in [0.25, 0.3) is 0 Å². The van der Waals surface area contributed by atoms with Crippen LogP contribution in [0.2, 0.25) is 0 Å². The minimum absolute atomic E-state index is 0.112. The molecule has 1 N–H and O–H groups in total. The van der Waals surface area contributed by atoms with Gasteiger partial charge in [-0.15, -0.1) is 0 Å². The Morgan fingerprint density at radius 3 is 2.29 bits per heavy atom. The molecule has 1 fully saturated rings. The van der Waals surface area contributed by atoms with Crippen molar-refractivity contribution in [3.63, 3.8) is 0 Å². The second kappa shape index (κ2) is 7.77. The highest BCUT2D eigenvalue weighted by molar-refractivity contribution is 7.89. The van der Waals surface area contributed by atoms with Gasteiger partial charge in [0.05, 0.1) is 41.7 Å². The van der Waals surface area contributed by atoms with Gasteiger partial charge in [0.1, 0.15) is 6.20 Å². The minimum Gasteiger partial charge on any atom is -0.260 e. The fourth-order valence-corrected chi connectivity index (χ4v) is 4.48. The first kappa shape index (κ1) is 20.1. The maximum Gasteiger partial charge on any atom is 0.419 e. The van der Waals surface area contributed by atoms with Crippen LogP contribution in [0, 0.1) is 11.3 Å². The lowest BCUT2D eigenvalue weighted by atomic mass is 10.2. The molecular formula is C18H18F3N4O2S+. The van der Waals surface area contributed by atoms with Crippen molar-refractivity contribution >= 4 is 15.8 Å². The normalized spacial score (nSPS) is 16.4. The number of nitriles is 1. The molecule has 10 heteroatoms. The number of alkyl halides is 3. The zero-order chi connectivity index (χ0) is 20.4. The number of anilines is 1. The van der Waals surface area contributed by atoms with Crippen LogP contribution >= 0.6 is 0 Å². The molecule has 28 heavy (non-hydrogen) atoms. The number of hydrogen-bond acceptors (Lipinski definition) is 4. The number of nitrogens with one attached hydrogen (secondary N) is 1. The van der Waals surface area contributed by atoms with Gasteiger partial charge in [-0.1, -0.05) is 0 Å². The van der Waals surface area contributed by atoms with Crippen LogP contribution in [0.4, 0.5) is 19.0 Å². The lowest BCUT2D eigenvalue weighted by Crippen LogP contribution is -2.36. The number of benzene rings is 1. The number of rotatable bonds is 3. The summed E-state index contributed by atoms with van der Waals surface area (Å²) in [5.74, 6) is 0.505. The van der Waals surface area contributed by atoms with Gasteiger partial charge in [0, 0.05) is 12.6 Å². The van der Waals surface area contributed by atoms with Crippen molar-refractivity contribution in [1.29, 1.82) is 5.26 Å².